The van der Waals surface area contributed by atoms with E-state index in [0.29, 0.717) is 0 Å². The topological polar surface area (TPSA) is 35.2 Å². The van der Waals surface area contributed by atoms with Gasteiger partial charge in [-0.15, -0.1) is 0 Å². The first-order valence-corrected chi connectivity index (χ1v) is 6.69. The highest BCUT2D eigenvalue weighted by molar-refractivity contribution is 5.65. The summed E-state index contributed by atoms with van der Waals surface area (Å²) in [7, 11) is 0. The van der Waals surface area contributed by atoms with E-state index in [0.717, 1.165) is 16.9 Å². The molecule has 0 heterocycles. The predicted molar refractivity (Wildman–Crippen MR) is 80.2 cm³/mol. The van der Waals surface area contributed by atoms with E-state index in [9.17, 15) is 0 Å². The van der Waals surface area contributed by atoms with E-state index in [1.54, 1.807) is 0 Å². The first-order chi connectivity index (χ1) is 9.06. The van der Waals surface area contributed by atoms with Gasteiger partial charge in [-0.05, 0) is 49.6 Å². The molecule has 0 aliphatic carbocycles. The highest BCUT2D eigenvalue weighted by Gasteiger charge is 2.03. The molecule has 2 rings (SSSR count). The van der Waals surface area contributed by atoms with Crippen molar-refractivity contribution in [2.75, 3.05) is 0 Å². The molecule has 0 amide bonds. The molecule has 2 nitrogen and oxygen atoms in total. The number of ether oxygens (including phenoxy) is 1. The van der Waals surface area contributed by atoms with Crippen LogP contribution in [-0.4, -0.2) is 6.10 Å². The van der Waals surface area contributed by atoms with Gasteiger partial charge in [0.1, 0.15) is 5.75 Å². The fourth-order valence-corrected chi connectivity index (χ4v) is 2.00. The van der Waals surface area contributed by atoms with Gasteiger partial charge in [0.25, 0.3) is 0 Å². The molecule has 0 aromatic heterocycles. The van der Waals surface area contributed by atoms with E-state index in [2.05, 4.69) is 36.4 Å². The predicted octanol–water partition coefficient (Wildman–Crippen LogP) is 4.16. The van der Waals surface area contributed by atoms with Crippen molar-refractivity contribution < 1.29 is 4.74 Å². The smallest absolute Gasteiger partial charge is 0.120 e. The Hall–Kier alpha value is -1.80. The van der Waals surface area contributed by atoms with Crippen molar-refractivity contribution in [1.82, 2.24) is 0 Å². The molecule has 1 atom stereocenters. The van der Waals surface area contributed by atoms with Gasteiger partial charge >= 0.3 is 0 Å². The Morgan fingerprint density at radius 1 is 0.895 bits per heavy atom. The Morgan fingerprint density at radius 3 is 2.16 bits per heavy atom. The van der Waals surface area contributed by atoms with E-state index in [1.807, 2.05) is 32.9 Å². The van der Waals surface area contributed by atoms with Crippen molar-refractivity contribution >= 4 is 0 Å². The normalized spacial score (nSPS) is 12.5. The summed E-state index contributed by atoms with van der Waals surface area (Å²) >= 11 is 0. The minimum Gasteiger partial charge on any atom is -0.491 e. The zero-order valence-electron chi connectivity index (χ0n) is 11.8. The Labute approximate surface area is 115 Å². The molecule has 100 valence electrons. The standard InChI is InChI=1S/C17H21NO/c1-12(2)19-17-6-4-5-16(11-17)15-9-7-14(8-10-15)13(3)18/h4-13H,18H2,1-3H3. The van der Waals surface area contributed by atoms with Crippen LogP contribution in [0.4, 0.5) is 0 Å². The average molecular weight is 255 g/mol. The quantitative estimate of drug-likeness (QED) is 0.890. The largest absolute Gasteiger partial charge is 0.491 e. The molecule has 0 aliphatic heterocycles. The van der Waals surface area contributed by atoms with E-state index in [4.69, 9.17) is 10.5 Å². The number of hydrogen-bond donors (Lipinski definition) is 1. The van der Waals surface area contributed by atoms with E-state index < -0.39 is 0 Å². The van der Waals surface area contributed by atoms with Gasteiger partial charge in [0, 0.05) is 6.04 Å². The van der Waals surface area contributed by atoms with Gasteiger partial charge in [-0.25, -0.2) is 0 Å². The van der Waals surface area contributed by atoms with Gasteiger partial charge in [-0.3, -0.25) is 0 Å². The molecule has 19 heavy (non-hydrogen) atoms. The molecule has 0 bridgehead atoms. The number of nitrogens with two attached hydrogens (primary N) is 1. The molecule has 0 spiro atoms. The van der Waals surface area contributed by atoms with Crippen molar-refractivity contribution in [3.05, 3.63) is 54.1 Å². The maximum absolute atomic E-state index is 5.86. The number of hydrogen-bond acceptors (Lipinski definition) is 2. The summed E-state index contributed by atoms with van der Waals surface area (Å²) in [5.74, 6) is 0.906. The minimum atomic E-state index is 0.0738. The second kappa shape index (κ2) is 5.89. The highest BCUT2D eigenvalue weighted by atomic mass is 16.5. The highest BCUT2D eigenvalue weighted by Crippen LogP contribution is 2.25. The van der Waals surface area contributed by atoms with Crippen LogP contribution in [0.25, 0.3) is 11.1 Å². The van der Waals surface area contributed by atoms with Crippen LogP contribution in [0.2, 0.25) is 0 Å². The van der Waals surface area contributed by atoms with Crippen molar-refractivity contribution in [3.63, 3.8) is 0 Å². The third kappa shape index (κ3) is 3.58. The van der Waals surface area contributed by atoms with Gasteiger partial charge in [-0.2, -0.15) is 0 Å². The molecule has 2 aromatic rings. The molecule has 0 saturated heterocycles. The van der Waals surface area contributed by atoms with Gasteiger partial charge in [0.15, 0.2) is 0 Å². The summed E-state index contributed by atoms with van der Waals surface area (Å²) in [6.07, 6.45) is 0.190. The zero-order chi connectivity index (χ0) is 13.8. The summed E-state index contributed by atoms with van der Waals surface area (Å²) in [6.45, 7) is 6.06. The number of rotatable bonds is 4. The average Bonchev–Trinajstić information content (AvgIpc) is 2.38. The Kier molecular flexibility index (Phi) is 4.23. The summed E-state index contributed by atoms with van der Waals surface area (Å²) in [4.78, 5) is 0. The molecule has 0 fully saturated rings. The first kappa shape index (κ1) is 13.6. The Bertz CT molecular complexity index is 529. The van der Waals surface area contributed by atoms with Crippen LogP contribution >= 0.6 is 0 Å². The van der Waals surface area contributed by atoms with Gasteiger partial charge in [0.05, 0.1) is 6.10 Å². The molecular weight excluding hydrogens is 234 g/mol. The molecule has 2 aromatic carbocycles. The fraction of sp³-hybridized carbons (Fsp3) is 0.294. The van der Waals surface area contributed by atoms with Crippen LogP contribution in [0.15, 0.2) is 48.5 Å². The first-order valence-electron chi connectivity index (χ1n) is 6.69. The summed E-state index contributed by atoms with van der Waals surface area (Å²) in [5.41, 5.74) is 9.35. The van der Waals surface area contributed by atoms with Gasteiger partial charge < -0.3 is 10.5 Å². The third-order valence-corrected chi connectivity index (χ3v) is 2.98. The van der Waals surface area contributed by atoms with Crippen molar-refractivity contribution in [2.24, 2.45) is 5.73 Å². The molecular formula is C17H21NO. The fourth-order valence-electron chi connectivity index (χ4n) is 2.00. The van der Waals surface area contributed by atoms with Crippen LogP contribution in [0.5, 0.6) is 5.75 Å². The second-order valence-electron chi connectivity index (χ2n) is 5.11. The Balaban J connectivity index is 2.26. The Morgan fingerprint density at radius 2 is 1.58 bits per heavy atom. The van der Waals surface area contributed by atoms with Crippen molar-refractivity contribution in [1.29, 1.82) is 0 Å². The lowest BCUT2D eigenvalue weighted by Crippen LogP contribution is -2.05. The molecule has 0 radical (unpaired) electrons. The molecule has 0 aliphatic rings. The molecule has 1 unspecified atom stereocenters. The maximum Gasteiger partial charge on any atom is 0.120 e. The number of benzene rings is 2. The second-order valence-corrected chi connectivity index (χ2v) is 5.11. The maximum atomic E-state index is 5.86. The monoisotopic (exact) mass is 255 g/mol. The van der Waals surface area contributed by atoms with Crippen LogP contribution in [0, 0.1) is 0 Å². The molecule has 2 heteroatoms. The lowest BCUT2D eigenvalue weighted by atomic mass is 10.0. The SMILES string of the molecule is CC(C)Oc1cccc(-c2ccc(C(C)N)cc2)c1. The van der Waals surface area contributed by atoms with Gasteiger partial charge in [-0.1, -0.05) is 36.4 Å². The summed E-state index contributed by atoms with van der Waals surface area (Å²) < 4.78 is 5.72. The summed E-state index contributed by atoms with van der Waals surface area (Å²) in [6, 6.07) is 16.6. The molecule has 2 N–H and O–H groups in total. The summed E-state index contributed by atoms with van der Waals surface area (Å²) in [5, 5.41) is 0. The lowest BCUT2D eigenvalue weighted by Gasteiger charge is -2.11. The lowest BCUT2D eigenvalue weighted by molar-refractivity contribution is 0.242. The van der Waals surface area contributed by atoms with Crippen LogP contribution < -0.4 is 10.5 Å². The zero-order valence-corrected chi connectivity index (χ0v) is 11.8. The van der Waals surface area contributed by atoms with Crippen LogP contribution in [-0.2, 0) is 0 Å². The van der Waals surface area contributed by atoms with E-state index in [-0.39, 0.29) is 12.1 Å². The van der Waals surface area contributed by atoms with Crippen molar-refractivity contribution in [2.45, 2.75) is 32.9 Å². The van der Waals surface area contributed by atoms with Crippen LogP contribution in [0.1, 0.15) is 32.4 Å². The third-order valence-electron chi connectivity index (χ3n) is 2.98. The van der Waals surface area contributed by atoms with Crippen LogP contribution in [0.3, 0.4) is 0 Å². The van der Waals surface area contributed by atoms with E-state index in [1.165, 1.54) is 5.56 Å². The molecule has 0 saturated carbocycles. The van der Waals surface area contributed by atoms with Crippen molar-refractivity contribution in [3.8, 4) is 16.9 Å². The van der Waals surface area contributed by atoms with Gasteiger partial charge in [0.2, 0.25) is 0 Å². The minimum absolute atomic E-state index is 0.0738. The van der Waals surface area contributed by atoms with E-state index >= 15 is 0 Å².